The van der Waals surface area contributed by atoms with Gasteiger partial charge in [0.15, 0.2) is 0 Å². The predicted molar refractivity (Wildman–Crippen MR) is 117 cm³/mol. The fraction of sp³-hybridized carbons (Fsp3) is 0.333. The van der Waals surface area contributed by atoms with Gasteiger partial charge in [-0.15, -0.1) is 0 Å². The number of carbonyl (C=O) groups excluding carboxylic acids is 1. The monoisotopic (exact) mass is 421 g/mol. The zero-order valence-corrected chi connectivity index (χ0v) is 17.5. The Balaban J connectivity index is 1.74. The minimum absolute atomic E-state index is 0.000772. The van der Waals surface area contributed by atoms with Crippen molar-refractivity contribution in [2.45, 2.75) is 32.2 Å². The number of aliphatic hydroxyl groups is 1. The molecule has 7 heteroatoms. The molecule has 3 N–H and O–H groups in total. The number of carbonyl (C=O) groups is 1. The van der Waals surface area contributed by atoms with Gasteiger partial charge in [-0.25, -0.2) is 0 Å². The van der Waals surface area contributed by atoms with E-state index in [-0.39, 0.29) is 24.3 Å². The van der Waals surface area contributed by atoms with Crippen molar-refractivity contribution in [1.29, 1.82) is 0 Å². The number of aromatic nitrogens is 2. The number of nitrogens with one attached hydrogen (secondary N) is 1. The maximum Gasteiger partial charge on any atom is 0.273 e. The third-order valence-electron chi connectivity index (χ3n) is 5.54. The first kappa shape index (κ1) is 20.9. The molecule has 0 unspecified atom stereocenters. The van der Waals surface area contributed by atoms with Gasteiger partial charge in [0, 0.05) is 24.3 Å². The molecule has 0 aliphatic carbocycles. The maximum absolute atomic E-state index is 13.1. The molecular weight excluding hydrogens is 394 g/mol. The van der Waals surface area contributed by atoms with Crippen LogP contribution in [-0.2, 0) is 0 Å². The summed E-state index contributed by atoms with van der Waals surface area (Å²) in [5.41, 5.74) is 3.21. The number of hydrogen-bond donors (Lipinski definition) is 3. The van der Waals surface area contributed by atoms with Crippen LogP contribution >= 0.6 is 0 Å². The number of H-pyrrole nitrogens is 1. The highest BCUT2D eigenvalue weighted by Gasteiger charge is 2.42. The average Bonchev–Trinajstić information content (AvgIpc) is 3.32. The van der Waals surface area contributed by atoms with E-state index in [1.54, 1.807) is 23.1 Å². The highest BCUT2D eigenvalue weighted by molar-refractivity contribution is 6.00. The van der Waals surface area contributed by atoms with Crippen molar-refractivity contribution >= 4 is 5.91 Å². The molecule has 1 amide bonds. The van der Waals surface area contributed by atoms with E-state index >= 15 is 0 Å². The Bertz CT molecular complexity index is 1050. The maximum atomic E-state index is 13.1. The number of aromatic amines is 1. The summed E-state index contributed by atoms with van der Waals surface area (Å²) in [7, 11) is 0. The standard InChI is InChI=1S/C24H27N3O4/c1-2-3-15-31-17-11-9-16(10-12-17)23-20-21(18-7-4-5-8-19(18)29)25-26-22(20)24(30)27(23)13-6-14-28/h4-5,7-12,23,28-29H,2-3,6,13-15H2,1H3,(H,25,26)/t23-/m1/s1. The Hall–Kier alpha value is -3.32. The minimum atomic E-state index is -0.368. The summed E-state index contributed by atoms with van der Waals surface area (Å²) >= 11 is 0. The molecule has 4 rings (SSSR count). The lowest BCUT2D eigenvalue weighted by Crippen LogP contribution is -2.31. The predicted octanol–water partition coefficient (Wildman–Crippen LogP) is 3.89. The van der Waals surface area contributed by atoms with Crippen LogP contribution in [0.15, 0.2) is 48.5 Å². The SMILES string of the molecule is CCCCOc1ccc([C@@H]2c3c(-c4ccccc4O)n[nH]c3C(=O)N2CCCO)cc1. The Morgan fingerprint density at radius 3 is 2.61 bits per heavy atom. The van der Waals surface area contributed by atoms with Crippen molar-refractivity contribution in [1.82, 2.24) is 15.1 Å². The second-order valence-corrected chi connectivity index (χ2v) is 7.63. The van der Waals surface area contributed by atoms with Gasteiger partial charge in [0.1, 0.15) is 22.9 Å². The van der Waals surface area contributed by atoms with Gasteiger partial charge in [-0.3, -0.25) is 9.89 Å². The molecule has 1 aliphatic rings. The lowest BCUT2D eigenvalue weighted by molar-refractivity contribution is 0.0732. The molecule has 0 spiro atoms. The zero-order valence-electron chi connectivity index (χ0n) is 17.5. The smallest absolute Gasteiger partial charge is 0.273 e. The van der Waals surface area contributed by atoms with Gasteiger partial charge in [-0.2, -0.15) is 5.10 Å². The molecule has 162 valence electrons. The van der Waals surface area contributed by atoms with Crippen molar-refractivity contribution in [3.05, 3.63) is 65.4 Å². The number of rotatable bonds is 9. The number of fused-ring (bicyclic) bond motifs is 1. The number of phenolic OH excluding ortho intramolecular Hbond substituents is 1. The van der Waals surface area contributed by atoms with Crippen LogP contribution in [-0.4, -0.2) is 51.0 Å². The molecule has 1 atom stereocenters. The van der Waals surface area contributed by atoms with E-state index in [0.29, 0.717) is 36.5 Å². The van der Waals surface area contributed by atoms with Crippen LogP contribution in [0.4, 0.5) is 0 Å². The largest absolute Gasteiger partial charge is 0.507 e. The summed E-state index contributed by atoms with van der Waals surface area (Å²) in [4.78, 5) is 14.9. The number of unbranched alkanes of at least 4 members (excludes halogenated alkanes) is 1. The number of nitrogens with zero attached hydrogens (tertiary/aromatic N) is 2. The van der Waals surface area contributed by atoms with Crippen LogP contribution in [0, 0.1) is 0 Å². The molecule has 2 aromatic carbocycles. The van der Waals surface area contributed by atoms with E-state index in [9.17, 15) is 15.0 Å². The van der Waals surface area contributed by atoms with E-state index < -0.39 is 0 Å². The van der Waals surface area contributed by atoms with Crippen LogP contribution in [0.2, 0.25) is 0 Å². The van der Waals surface area contributed by atoms with Gasteiger partial charge in [-0.1, -0.05) is 37.6 Å². The zero-order chi connectivity index (χ0) is 21.8. The number of para-hydroxylation sites is 1. The van der Waals surface area contributed by atoms with Crippen molar-refractivity contribution in [2.75, 3.05) is 19.8 Å². The first-order chi connectivity index (χ1) is 15.2. The summed E-state index contributed by atoms with van der Waals surface area (Å²) in [5, 5.41) is 27.0. The highest BCUT2D eigenvalue weighted by Crippen LogP contribution is 2.44. The molecular formula is C24H27N3O4. The molecule has 0 saturated carbocycles. The van der Waals surface area contributed by atoms with E-state index in [2.05, 4.69) is 17.1 Å². The lowest BCUT2D eigenvalue weighted by atomic mass is 9.95. The van der Waals surface area contributed by atoms with Crippen LogP contribution < -0.4 is 4.74 Å². The van der Waals surface area contributed by atoms with Gasteiger partial charge < -0.3 is 19.8 Å². The van der Waals surface area contributed by atoms with E-state index in [0.717, 1.165) is 29.7 Å². The summed E-state index contributed by atoms with van der Waals surface area (Å²) in [5.74, 6) is 0.735. The van der Waals surface area contributed by atoms with Crippen molar-refractivity contribution < 1.29 is 19.7 Å². The highest BCUT2D eigenvalue weighted by atomic mass is 16.5. The first-order valence-corrected chi connectivity index (χ1v) is 10.7. The Labute approximate surface area is 181 Å². The number of ether oxygens (including phenoxy) is 1. The van der Waals surface area contributed by atoms with E-state index in [4.69, 9.17) is 4.74 Å². The van der Waals surface area contributed by atoms with Crippen LogP contribution in [0.1, 0.15) is 53.8 Å². The quantitative estimate of drug-likeness (QED) is 0.455. The van der Waals surface area contributed by atoms with E-state index in [1.165, 1.54) is 0 Å². The van der Waals surface area contributed by atoms with E-state index in [1.807, 2.05) is 30.3 Å². The Kier molecular flexibility index (Phi) is 6.23. The number of hydrogen-bond acceptors (Lipinski definition) is 5. The number of aromatic hydroxyl groups is 1. The molecule has 0 fully saturated rings. The Morgan fingerprint density at radius 2 is 1.90 bits per heavy atom. The topological polar surface area (TPSA) is 98.7 Å². The van der Waals surface area contributed by atoms with Crippen LogP contribution in [0.25, 0.3) is 11.3 Å². The summed E-state index contributed by atoms with van der Waals surface area (Å²) in [6.45, 7) is 3.20. The summed E-state index contributed by atoms with van der Waals surface area (Å²) < 4.78 is 5.77. The summed E-state index contributed by atoms with van der Waals surface area (Å²) in [6.07, 6.45) is 2.54. The molecule has 0 saturated heterocycles. The molecule has 0 bridgehead atoms. The molecule has 3 aromatic rings. The number of aliphatic hydroxyl groups excluding tert-OH is 1. The molecule has 2 heterocycles. The third-order valence-corrected chi connectivity index (χ3v) is 5.54. The second-order valence-electron chi connectivity index (χ2n) is 7.63. The number of benzene rings is 2. The lowest BCUT2D eigenvalue weighted by Gasteiger charge is -2.26. The van der Waals surface area contributed by atoms with Crippen molar-refractivity contribution in [2.24, 2.45) is 0 Å². The van der Waals surface area contributed by atoms with Gasteiger partial charge in [-0.05, 0) is 42.7 Å². The van der Waals surface area contributed by atoms with Crippen molar-refractivity contribution in [3.63, 3.8) is 0 Å². The molecule has 0 radical (unpaired) electrons. The van der Waals surface area contributed by atoms with Gasteiger partial charge in [0.05, 0.1) is 12.6 Å². The van der Waals surface area contributed by atoms with Crippen LogP contribution in [0.3, 0.4) is 0 Å². The number of amides is 1. The van der Waals surface area contributed by atoms with Gasteiger partial charge in [0.2, 0.25) is 0 Å². The molecule has 1 aromatic heterocycles. The fourth-order valence-corrected chi connectivity index (χ4v) is 3.97. The second kappa shape index (κ2) is 9.22. The average molecular weight is 421 g/mol. The molecule has 1 aliphatic heterocycles. The molecule has 31 heavy (non-hydrogen) atoms. The Morgan fingerprint density at radius 1 is 1.13 bits per heavy atom. The van der Waals surface area contributed by atoms with Crippen molar-refractivity contribution in [3.8, 4) is 22.8 Å². The van der Waals surface area contributed by atoms with Gasteiger partial charge >= 0.3 is 0 Å². The third kappa shape index (κ3) is 4.01. The fourth-order valence-electron chi connectivity index (χ4n) is 3.97. The number of phenols is 1. The minimum Gasteiger partial charge on any atom is -0.507 e. The molecule has 7 nitrogen and oxygen atoms in total. The van der Waals surface area contributed by atoms with Crippen LogP contribution in [0.5, 0.6) is 11.5 Å². The summed E-state index contributed by atoms with van der Waals surface area (Å²) in [6, 6.07) is 14.3. The normalized spacial score (nSPS) is 15.4. The van der Waals surface area contributed by atoms with Gasteiger partial charge in [0.25, 0.3) is 5.91 Å². The first-order valence-electron chi connectivity index (χ1n) is 10.7.